The molecule has 1 atom stereocenters. The lowest BCUT2D eigenvalue weighted by molar-refractivity contribution is -0.146. The van der Waals surface area contributed by atoms with Crippen LogP contribution in [0.2, 0.25) is 0 Å². The van der Waals surface area contributed by atoms with E-state index >= 15 is 0 Å². The van der Waals surface area contributed by atoms with Gasteiger partial charge in [0.05, 0.1) is 5.41 Å². The van der Waals surface area contributed by atoms with Crippen LogP contribution in [0.5, 0.6) is 0 Å². The summed E-state index contributed by atoms with van der Waals surface area (Å²) in [6, 6.07) is 3.93. The third-order valence-corrected chi connectivity index (χ3v) is 6.67. The van der Waals surface area contributed by atoms with Crippen LogP contribution in [0, 0.1) is 10.8 Å². The normalized spacial score (nSPS) is 27.2. The van der Waals surface area contributed by atoms with Gasteiger partial charge in [0.1, 0.15) is 0 Å². The first-order valence-electron chi connectivity index (χ1n) is 9.96. The van der Waals surface area contributed by atoms with E-state index in [0.29, 0.717) is 24.9 Å². The highest BCUT2D eigenvalue weighted by molar-refractivity contribution is 5.86. The Bertz CT molecular complexity index is 686. The molecule has 1 unspecified atom stereocenters. The van der Waals surface area contributed by atoms with Gasteiger partial charge in [0.25, 0.3) is 0 Å². The maximum atomic E-state index is 13.2. The average molecular weight is 355 g/mol. The molecular weight excluding hydrogens is 326 g/mol. The summed E-state index contributed by atoms with van der Waals surface area (Å²) in [4.78, 5) is 33.9. The van der Waals surface area contributed by atoms with Crippen molar-refractivity contribution in [2.24, 2.45) is 10.8 Å². The maximum absolute atomic E-state index is 13.2. The third-order valence-electron chi connectivity index (χ3n) is 6.67. The molecule has 0 bridgehead atoms. The zero-order valence-corrected chi connectivity index (χ0v) is 15.7. The highest BCUT2D eigenvalue weighted by Gasteiger charge is 2.49. The molecule has 1 saturated carbocycles. The van der Waals surface area contributed by atoms with Gasteiger partial charge in [0, 0.05) is 45.0 Å². The Morgan fingerprint density at radius 1 is 1.23 bits per heavy atom. The van der Waals surface area contributed by atoms with Gasteiger partial charge in [-0.3, -0.25) is 14.6 Å². The summed E-state index contributed by atoms with van der Waals surface area (Å²) in [5.41, 5.74) is 1.13. The van der Waals surface area contributed by atoms with E-state index in [2.05, 4.69) is 11.9 Å². The van der Waals surface area contributed by atoms with Gasteiger partial charge in [0.15, 0.2) is 0 Å². The SMILES string of the molecule is CC1(CCC(=O)N2CCC3(CCCN(Cc4cccnc4)C3=O)C2)CC1. The van der Waals surface area contributed by atoms with E-state index in [1.165, 1.54) is 12.8 Å². The molecule has 0 N–H and O–H groups in total. The van der Waals surface area contributed by atoms with Crippen LogP contribution >= 0.6 is 0 Å². The molecular formula is C21H29N3O2. The Morgan fingerprint density at radius 3 is 2.81 bits per heavy atom. The highest BCUT2D eigenvalue weighted by atomic mass is 16.2. The molecule has 2 saturated heterocycles. The number of aromatic nitrogens is 1. The Labute approximate surface area is 155 Å². The fraction of sp³-hybridized carbons (Fsp3) is 0.667. The lowest BCUT2D eigenvalue weighted by Crippen LogP contribution is -2.50. The zero-order chi connectivity index (χ0) is 18.2. The van der Waals surface area contributed by atoms with Gasteiger partial charge >= 0.3 is 0 Å². The van der Waals surface area contributed by atoms with Crippen LogP contribution < -0.4 is 0 Å². The molecule has 5 nitrogen and oxygen atoms in total. The van der Waals surface area contributed by atoms with Crippen molar-refractivity contribution in [1.82, 2.24) is 14.8 Å². The monoisotopic (exact) mass is 355 g/mol. The van der Waals surface area contributed by atoms with Crippen LogP contribution in [-0.2, 0) is 16.1 Å². The van der Waals surface area contributed by atoms with Crippen LogP contribution in [0.25, 0.3) is 0 Å². The Hall–Kier alpha value is -1.91. The number of likely N-dealkylation sites (tertiary alicyclic amines) is 2. The van der Waals surface area contributed by atoms with Crippen molar-refractivity contribution in [3.05, 3.63) is 30.1 Å². The molecule has 140 valence electrons. The molecule has 3 aliphatic rings. The van der Waals surface area contributed by atoms with Crippen molar-refractivity contribution in [2.75, 3.05) is 19.6 Å². The molecule has 4 rings (SSSR count). The topological polar surface area (TPSA) is 53.5 Å². The van der Waals surface area contributed by atoms with Crippen LogP contribution in [-0.4, -0.2) is 46.2 Å². The smallest absolute Gasteiger partial charge is 0.230 e. The Balaban J connectivity index is 1.38. The number of nitrogens with zero attached hydrogens (tertiary/aromatic N) is 3. The lowest BCUT2D eigenvalue weighted by Gasteiger charge is -2.39. The van der Waals surface area contributed by atoms with E-state index in [-0.39, 0.29) is 17.2 Å². The maximum Gasteiger partial charge on any atom is 0.230 e. The van der Waals surface area contributed by atoms with Crippen molar-refractivity contribution < 1.29 is 9.59 Å². The van der Waals surface area contributed by atoms with Crippen LogP contribution in [0.4, 0.5) is 0 Å². The molecule has 1 aromatic rings. The van der Waals surface area contributed by atoms with E-state index < -0.39 is 0 Å². The predicted octanol–water partition coefficient (Wildman–Crippen LogP) is 3.00. The number of hydrogen-bond acceptors (Lipinski definition) is 3. The van der Waals surface area contributed by atoms with Gasteiger partial charge in [-0.2, -0.15) is 0 Å². The number of pyridine rings is 1. The van der Waals surface area contributed by atoms with Crippen molar-refractivity contribution in [1.29, 1.82) is 0 Å². The molecule has 1 aromatic heterocycles. The first-order valence-corrected chi connectivity index (χ1v) is 9.96. The molecule has 1 spiro atoms. The number of carbonyl (C=O) groups excluding carboxylic acids is 2. The first kappa shape index (κ1) is 17.5. The van der Waals surface area contributed by atoms with Gasteiger partial charge in [-0.05, 0) is 55.6 Å². The standard InChI is InChI=1S/C21H29N3O2/c1-20(8-9-20)7-5-18(25)24-13-10-21(16-24)6-3-12-23(19(21)26)15-17-4-2-11-22-14-17/h2,4,11,14H,3,5-10,12-13,15-16H2,1H3. The first-order chi connectivity index (χ1) is 12.5. The summed E-state index contributed by atoms with van der Waals surface area (Å²) >= 11 is 0. The van der Waals surface area contributed by atoms with E-state index in [4.69, 9.17) is 0 Å². The summed E-state index contributed by atoms with van der Waals surface area (Å²) < 4.78 is 0. The fourth-order valence-corrected chi connectivity index (χ4v) is 4.51. The molecule has 1 aliphatic carbocycles. The van der Waals surface area contributed by atoms with Crippen molar-refractivity contribution >= 4 is 11.8 Å². The lowest BCUT2D eigenvalue weighted by atomic mass is 9.78. The van der Waals surface area contributed by atoms with E-state index in [1.54, 1.807) is 6.20 Å². The number of hydrogen-bond donors (Lipinski definition) is 0. The third kappa shape index (κ3) is 3.49. The quantitative estimate of drug-likeness (QED) is 0.816. The minimum absolute atomic E-state index is 0.233. The second-order valence-corrected chi connectivity index (χ2v) is 8.85. The van der Waals surface area contributed by atoms with Gasteiger partial charge < -0.3 is 9.80 Å². The Morgan fingerprint density at radius 2 is 2.08 bits per heavy atom. The van der Waals surface area contributed by atoms with Crippen molar-refractivity contribution in [3.8, 4) is 0 Å². The van der Waals surface area contributed by atoms with Gasteiger partial charge in [-0.1, -0.05) is 13.0 Å². The predicted molar refractivity (Wildman–Crippen MR) is 99.1 cm³/mol. The van der Waals surface area contributed by atoms with E-state index in [9.17, 15) is 9.59 Å². The number of piperidine rings is 1. The van der Waals surface area contributed by atoms with Gasteiger partial charge in [0.2, 0.25) is 11.8 Å². The molecule has 3 heterocycles. The summed E-state index contributed by atoms with van der Waals surface area (Å²) in [6.07, 6.45) is 10.5. The molecule has 0 aromatic carbocycles. The minimum atomic E-state index is -0.348. The van der Waals surface area contributed by atoms with Crippen LogP contribution in [0.1, 0.15) is 57.4 Å². The molecule has 2 aliphatic heterocycles. The van der Waals surface area contributed by atoms with Gasteiger partial charge in [-0.25, -0.2) is 0 Å². The zero-order valence-electron chi connectivity index (χ0n) is 15.7. The molecule has 3 fully saturated rings. The Kier molecular flexibility index (Phi) is 4.49. The minimum Gasteiger partial charge on any atom is -0.342 e. The average Bonchev–Trinajstić information content (AvgIpc) is 3.23. The number of carbonyl (C=O) groups is 2. The van der Waals surface area contributed by atoms with E-state index in [1.807, 2.05) is 28.1 Å². The molecule has 5 heteroatoms. The number of amides is 2. The summed E-state index contributed by atoms with van der Waals surface area (Å²) in [7, 11) is 0. The second-order valence-electron chi connectivity index (χ2n) is 8.85. The highest BCUT2D eigenvalue weighted by Crippen LogP contribution is 2.49. The summed E-state index contributed by atoms with van der Waals surface area (Å²) in [5.74, 6) is 0.476. The summed E-state index contributed by atoms with van der Waals surface area (Å²) in [6.45, 7) is 5.06. The molecule has 2 amide bonds. The van der Waals surface area contributed by atoms with E-state index in [0.717, 1.165) is 44.3 Å². The van der Waals surface area contributed by atoms with Gasteiger partial charge in [-0.15, -0.1) is 0 Å². The molecule has 26 heavy (non-hydrogen) atoms. The van der Waals surface area contributed by atoms with Crippen LogP contribution in [0.3, 0.4) is 0 Å². The number of rotatable bonds is 5. The van der Waals surface area contributed by atoms with Crippen molar-refractivity contribution in [3.63, 3.8) is 0 Å². The fourth-order valence-electron chi connectivity index (χ4n) is 4.51. The second kappa shape index (κ2) is 6.67. The summed E-state index contributed by atoms with van der Waals surface area (Å²) in [5, 5.41) is 0. The van der Waals surface area contributed by atoms with Crippen molar-refractivity contribution in [2.45, 2.75) is 58.4 Å². The largest absolute Gasteiger partial charge is 0.342 e. The molecule has 0 radical (unpaired) electrons. The van der Waals surface area contributed by atoms with Crippen LogP contribution in [0.15, 0.2) is 24.5 Å².